The van der Waals surface area contributed by atoms with E-state index >= 15 is 0 Å². The second kappa shape index (κ2) is 7.72. The van der Waals surface area contributed by atoms with E-state index in [9.17, 15) is 4.21 Å². The molecule has 2 rings (SSSR count). The Kier molecular flexibility index (Phi) is 5.68. The van der Waals surface area contributed by atoms with Gasteiger partial charge >= 0.3 is 0 Å². The number of rotatable bonds is 4. The molecule has 5 nitrogen and oxygen atoms in total. The van der Waals surface area contributed by atoms with Gasteiger partial charge in [-0.2, -0.15) is 5.10 Å². The number of anilines is 1. The van der Waals surface area contributed by atoms with Gasteiger partial charge in [0.15, 0.2) is 0 Å². The van der Waals surface area contributed by atoms with Crippen LogP contribution in [-0.2, 0) is 10.8 Å². The Bertz CT molecular complexity index is 646. The molecule has 6 heteroatoms. The van der Waals surface area contributed by atoms with Crippen molar-refractivity contribution in [2.75, 3.05) is 10.8 Å². The van der Waals surface area contributed by atoms with Crippen LogP contribution in [0.4, 0.5) is 5.69 Å². The average Bonchev–Trinajstić information content (AvgIpc) is 2.57. The monoisotopic (exact) mass is 316 g/mol. The lowest BCUT2D eigenvalue weighted by molar-refractivity contribution is 0.684. The summed E-state index contributed by atoms with van der Waals surface area (Å²) in [5.74, 6) is 11.9. The molecule has 2 aromatic rings. The highest BCUT2D eigenvalue weighted by molar-refractivity contribution is 8.00. The molecule has 0 saturated carbocycles. The first kappa shape index (κ1) is 16.2. The summed E-state index contributed by atoms with van der Waals surface area (Å²) in [7, 11) is -1.39. The first-order chi connectivity index (χ1) is 10.6. The third kappa shape index (κ3) is 3.93. The summed E-state index contributed by atoms with van der Waals surface area (Å²) in [5.41, 5.74) is 1.81. The van der Waals surface area contributed by atoms with Crippen LogP contribution in [0, 0.1) is 0 Å². The lowest BCUT2D eigenvalue weighted by Crippen LogP contribution is -2.41. The van der Waals surface area contributed by atoms with Crippen LogP contribution in [0.25, 0.3) is 0 Å². The number of hydrazone groups is 1. The van der Waals surface area contributed by atoms with E-state index in [1.165, 1.54) is 5.01 Å². The maximum absolute atomic E-state index is 12.6. The molecule has 0 aliphatic rings. The topological polar surface area (TPSA) is 84.7 Å². The summed E-state index contributed by atoms with van der Waals surface area (Å²) >= 11 is 0. The molecule has 0 fully saturated rings. The standard InChI is InChI=1S/C16H20N4OS/c1-13(14-8-4-2-5-9-14)12-22(21)16(19-17)20(18)15-10-6-3-7-11-15/h2-11,13H,12,17-18H2,1H3/b19-16+. The molecule has 4 N–H and O–H groups in total. The smallest absolute Gasteiger partial charge is 0.231 e. The fourth-order valence-corrected chi connectivity index (χ4v) is 3.35. The van der Waals surface area contributed by atoms with Gasteiger partial charge in [0, 0.05) is 5.75 Å². The summed E-state index contributed by atoms with van der Waals surface area (Å²) in [6, 6.07) is 19.1. The van der Waals surface area contributed by atoms with Crippen molar-refractivity contribution in [2.24, 2.45) is 16.8 Å². The van der Waals surface area contributed by atoms with Gasteiger partial charge in [-0.25, -0.2) is 5.84 Å². The number of nitrogens with zero attached hydrogens (tertiary/aromatic N) is 2. The van der Waals surface area contributed by atoms with Gasteiger partial charge in [0.05, 0.1) is 16.5 Å². The molecule has 0 heterocycles. The average molecular weight is 316 g/mol. The van der Waals surface area contributed by atoms with Gasteiger partial charge in [0.1, 0.15) is 0 Å². The summed E-state index contributed by atoms with van der Waals surface area (Å²) in [5, 5.41) is 5.06. The van der Waals surface area contributed by atoms with E-state index < -0.39 is 10.8 Å². The minimum Gasteiger partial charge on any atom is -0.321 e. The molecular weight excluding hydrogens is 296 g/mol. The molecule has 2 atom stereocenters. The second-order valence-electron chi connectivity index (χ2n) is 4.94. The van der Waals surface area contributed by atoms with Crippen molar-refractivity contribution in [3.05, 3.63) is 66.2 Å². The largest absolute Gasteiger partial charge is 0.321 e. The Morgan fingerprint density at radius 2 is 1.68 bits per heavy atom. The van der Waals surface area contributed by atoms with Gasteiger partial charge in [0.2, 0.25) is 5.17 Å². The predicted octanol–water partition coefficient (Wildman–Crippen LogP) is 2.15. The molecule has 0 spiro atoms. The van der Waals surface area contributed by atoms with Gasteiger partial charge in [-0.15, -0.1) is 0 Å². The third-order valence-electron chi connectivity index (χ3n) is 3.32. The molecular formula is C16H20N4OS. The van der Waals surface area contributed by atoms with Gasteiger partial charge in [-0.3, -0.25) is 9.22 Å². The van der Waals surface area contributed by atoms with Crippen molar-refractivity contribution in [3.63, 3.8) is 0 Å². The zero-order valence-corrected chi connectivity index (χ0v) is 13.2. The van der Waals surface area contributed by atoms with E-state index in [1.807, 2.05) is 67.6 Å². The van der Waals surface area contributed by atoms with Crippen LogP contribution < -0.4 is 16.7 Å². The van der Waals surface area contributed by atoms with Crippen LogP contribution in [0.3, 0.4) is 0 Å². The van der Waals surface area contributed by atoms with Crippen LogP contribution in [-0.4, -0.2) is 15.1 Å². The van der Waals surface area contributed by atoms with Crippen molar-refractivity contribution in [1.82, 2.24) is 0 Å². The Morgan fingerprint density at radius 3 is 2.23 bits per heavy atom. The first-order valence-electron chi connectivity index (χ1n) is 6.94. The highest BCUT2D eigenvalue weighted by atomic mass is 32.2. The third-order valence-corrected chi connectivity index (χ3v) is 4.84. The first-order valence-corrected chi connectivity index (χ1v) is 8.26. The summed E-state index contributed by atoms with van der Waals surface area (Å²) in [4.78, 5) is 0. The van der Waals surface area contributed by atoms with Gasteiger partial charge in [-0.1, -0.05) is 55.5 Å². The molecule has 116 valence electrons. The van der Waals surface area contributed by atoms with Gasteiger partial charge in [-0.05, 0) is 23.6 Å². The number of para-hydroxylation sites is 1. The highest BCUT2D eigenvalue weighted by Gasteiger charge is 2.20. The van der Waals surface area contributed by atoms with Crippen LogP contribution in [0.2, 0.25) is 0 Å². The predicted molar refractivity (Wildman–Crippen MR) is 92.6 cm³/mol. The Hall–Kier alpha value is -2.18. The summed E-state index contributed by atoms with van der Waals surface area (Å²) in [6.07, 6.45) is 0. The zero-order chi connectivity index (χ0) is 15.9. The molecule has 0 saturated heterocycles. The quantitative estimate of drug-likeness (QED) is 0.392. The molecule has 0 aliphatic carbocycles. The molecule has 0 radical (unpaired) electrons. The fraction of sp³-hybridized carbons (Fsp3) is 0.188. The van der Waals surface area contributed by atoms with E-state index in [-0.39, 0.29) is 11.1 Å². The van der Waals surface area contributed by atoms with Gasteiger partial charge in [0.25, 0.3) is 0 Å². The van der Waals surface area contributed by atoms with Crippen molar-refractivity contribution in [3.8, 4) is 0 Å². The minimum atomic E-state index is -1.39. The minimum absolute atomic E-state index is 0.114. The number of nitrogens with two attached hydrogens (primary N) is 2. The van der Waals surface area contributed by atoms with Crippen LogP contribution in [0.1, 0.15) is 18.4 Å². The molecule has 2 unspecified atom stereocenters. The van der Waals surface area contributed by atoms with Crippen molar-refractivity contribution >= 4 is 21.7 Å². The van der Waals surface area contributed by atoms with Crippen LogP contribution >= 0.6 is 0 Å². The second-order valence-corrected chi connectivity index (χ2v) is 6.33. The molecule has 2 aromatic carbocycles. The number of amidine groups is 1. The summed E-state index contributed by atoms with van der Waals surface area (Å²) < 4.78 is 12.6. The van der Waals surface area contributed by atoms with E-state index in [4.69, 9.17) is 11.7 Å². The SMILES string of the molecule is CC(CS(=O)/C(=N/N)N(N)c1ccccc1)c1ccccc1. The van der Waals surface area contributed by atoms with E-state index in [0.717, 1.165) is 5.56 Å². The Morgan fingerprint density at radius 1 is 1.14 bits per heavy atom. The molecule has 22 heavy (non-hydrogen) atoms. The van der Waals surface area contributed by atoms with E-state index in [0.29, 0.717) is 11.4 Å². The number of hydrazine groups is 1. The van der Waals surface area contributed by atoms with E-state index in [1.54, 1.807) is 0 Å². The highest BCUT2D eigenvalue weighted by Crippen LogP contribution is 2.18. The van der Waals surface area contributed by atoms with Crippen LogP contribution in [0.15, 0.2) is 65.8 Å². The van der Waals surface area contributed by atoms with E-state index in [2.05, 4.69) is 5.10 Å². The number of hydrogen-bond donors (Lipinski definition) is 2. The van der Waals surface area contributed by atoms with Crippen molar-refractivity contribution < 1.29 is 4.21 Å². The van der Waals surface area contributed by atoms with Crippen LogP contribution in [0.5, 0.6) is 0 Å². The number of hydrogen-bond acceptors (Lipinski definition) is 4. The Labute approximate surface area is 133 Å². The summed E-state index contributed by atoms with van der Waals surface area (Å²) in [6.45, 7) is 2.02. The lowest BCUT2D eigenvalue weighted by Gasteiger charge is -2.20. The van der Waals surface area contributed by atoms with Gasteiger partial charge < -0.3 is 5.84 Å². The molecule has 0 amide bonds. The van der Waals surface area contributed by atoms with Crippen molar-refractivity contribution in [2.45, 2.75) is 12.8 Å². The Balaban J connectivity index is 2.10. The fourth-order valence-electron chi connectivity index (χ4n) is 2.11. The molecule has 0 aromatic heterocycles. The molecule has 0 aliphatic heterocycles. The molecule has 0 bridgehead atoms. The zero-order valence-electron chi connectivity index (χ0n) is 12.4. The lowest BCUT2D eigenvalue weighted by atomic mass is 10.0. The normalized spacial score (nSPS) is 14.4. The maximum atomic E-state index is 12.6. The van der Waals surface area contributed by atoms with Crippen molar-refractivity contribution in [1.29, 1.82) is 0 Å². The maximum Gasteiger partial charge on any atom is 0.231 e. The number of benzene rings is 2.